The summed E-state index contributed by atoms with van der Waals surface area (Å²) in [5.41, 5.74) is 0.601. The molecule has 1 aromatic carbocycles. The second kappa shape index (κ2) is 5.27. The summed E-state index contributed by atoms with van der Waals surface area (Å²) >= 11 is 0. The Kier molecular flexibility index (Phi) is 3.70. The first-order chi connectivity index (χ1) is 8.94. The molecule has 2 aromatic rings. The van der Waals surface area contributed by atoms with Crippen LogP contribution in [0, 0.1) is 0 Å². The average Bonchev–Trinajstić information content (AvgIpc) is 2.77. The number of aromatic nitrogens is 2. The van der Waals surface area contributed by atoms with Crippen LogP contribution in [-0.4, -0.2) is 28.0 Å². The molecule has 19 heavy (non-hydrogen) atoms. The molecule has 0 amide bonds. The molecule has 1 aromatic heterocycles. The van der Waals surface area contributed by atoms with Gasteiger partial charge in [0.1, 0.15) is 5.75 Å². The molecular formula is C11H10F3N3O2. The van der Waals surface area contributed by atoms with E-state index in [4.69, 9.17) is 9.63 Å². The summed E-state index contributed by atoms with van der Waals surface area (Å²) in [7, 11) is 0. The molecule has 0 atom stereocenters. The highest BCUT2D eigenvalue weighted by Gasteiger charge is 2.26. The van der Waals surface area contributed by atoms with Crippen molar-refractivity contribution in [1.82, 2.24) is 15.5 Å². The van der Waals surface area contributed by atoms with E-state index in [9.17, 15) is 13.2 Å². The van der Waals surface area contributed by atoms with E-state index in [1.165, 1.54) is 12.1 Å². The van der Waals surface area contributed by atoms with Gasteiger partial charge in [0.05, 0.1) is 13.1 Å². The van der Waals surface area contributed by atoms with Crippen LogP contribution in [0.3, 0.4) is 0 Å². The Bertz CT molecular complexity index is 537. The summed E-state index contributed by atoms with van der Waals surface area (Å²) in [6, 6.07) is 6.06. The molecule has 1 heterocycles. The van der Waals surface area contributed by atoms with Gasteiger partial charge < -0.3 is 14.9 Å². The van der Waals surface area contributed by atoms with Gasteiger partial charge in [0.25, 0.3) is 0 Å². The number of benzene rings is 1. The highest BCUT2D eigenvalue weighted by Crippen LogP contribution is 2.19. The van der Waals surface area contributed by atoms with Gasteiger partial charge >= 0.3 is 6.18 Å². The Labute approximate surface area is 106 Å². The van der Waals surface area contributed by atoms with Crippen LogP contribution in [0.15, 0.2) is 28.8 Å². The molecule has 102 valence electrons. The van der Waals surface area contributed by atoms with Crippen LogP contribution in [0.1, 0.15) is 5.89 Å². The lowest BCUT2D eigenvalue weighted by Crippen LogP contribution is -2.28. The molecule has 2 N–H and O–H groups in total. The Morgan fingerprint density at radius 3 is 2.53 bits per heavy atom. The van der Waals surface area contributed by atoms with Gasteiger partial charge in [-0.25, -0.2) is 0 Å². The molecule has 0 bridgehead atoms. The highest BCUT2D eigenvalue weighted by atomic mass is 19.4. The quantitative estimate of drug-likeness (QED) is 0.892. The van der Waals surface area contributed by atoms with Crippen LogP contribution in [0.4, 0.5) is 13.2 Å². The summed E-state index contributed by atoms with van der Waals surface area (Å²) in [6.07, 6.45) is -4.28. The number of halogens is 3. The minimum absolute atomic E-state index is 0.0623. The monoisotopic (exact) mass is 273 g/mol. The Balaban J connectivity index is 1.97. The van der Waals surface area contributed by atoms with Crippen LogP contribution in [0.2, 0.25) is 0 Å². The van der Waals surface area contributed by atoms with Gasteiger partial charge in [-0.1, -0.05) is 5.16 Å². The SMILES string of the molecule is Oc1ccc(-c2noc(CNCC(F)(F)F)n2)cc1. The predicted octanol–water partition coefficient (Wildman–Crippen LogP) is 2.09. The van der Waals surface area contributed by atoms with Crippen LogP contribution in [0.25, 0.3) is 11.4 Å². The lowest BCUT2D eigenvalue weighted by Gasteiger charge is -2.05. The minimum atomic E-state index is -4.28. The number of phenols is 1. The zero-order valence-corrected chi connectivity index (χ0v) is 9.61. The van der Waals surface area contributed by atoms with Crippen LogP contribution >= 0.6 is 0 Å². The molecule has 0 unspecified atom stereocenters. The lowest BCUT2D eigenvalue weighted by molar-refractivity contribution is -0.125. The van der Waals surface area contributed by atoms with Gasteiger partial charge in [0.2, 0.25) is 11.7 Å². The topological polar surface area (TPSA) is 71.2 Å². The van der Waals surface area contributed by atoms with E-state index in [1.54, 1.807) is 12.1 Å². The molecule has 5 nitrogen and oxygen atoms in total. The molecule has 0 spiro atoms. The number of alkyl halides is 3. The van der Waals surface area contributed by atoms with Gasteiger partial charge in [-0.2, -0.15) is 18.2 Å². The summed E-state index contributed by atoms with van der Waals surface area (Å²) in [5.74, 6) is 0.412. The molecule has 2 rings (SSSR count). The zero-order chi connectivity index (χ0) is 13.9. The Morgan fingerprint density at radius 1 is 1.21 bits per heavy atom. The van der Waals surface area contributed by atoms with E-state index in [0.717, 1.165) is 0 Å². The Morgan fingerprint density at radius 2 is 1.89 bits per heavy atom. The molecule has 0 fully saturated rings. The number of aromatic hydroxyl groups is 1. The summed E-state index contributed by atoms with van der Waals surface area (Å²) in [4.78, 5) is 3.94. The van der Waals surface area contributed by atoms with E-state index in [-0.39, 0.29) is 24.0 Å². The second-order valence-corrected chi connectivity index (χ2v) is 3.78. The first kappa shape index (κ1) is 13.3. The smallest absolute Gasteiger partial charge is 0.401 e. The van der Waals surface area contributed by atoms with Gasteiger partial charge in [-0.15, -0.1) is 0 Å². The van der Waals surface area contributed by atoms with Crippen molar-refractivity contribution in [2.75, 3.05) is 6.54 Å². The largest absolute Gasteiger partial charge is 0.508 e. The van der Waals surface area contributed by atoms with E-state index in [1.807, 2.05) is 0 Å². The van der Waals surface area contributed by atoms with Gasteiger partial charge in [-0.05, 0) is 24.3 Å². The molecule has 0 saturated heterocycles. The van der Waals surface area contributed by atoms with E-state index >= 15 is 0 Å². The van der Waals surface area contributed by atoms with Crippen molar-refractivity contribution in [3.63, 3.8) is 0 Å². The van der Waals surface area contributed by atoms with Crippen LogP contribution < -0.4 is 5.32 Å². The molecule has 0 radical (unpaired) electrons. The number of phenolic OH excluding ortho intramolecular Hbond substituents is 1. The van der Waals surface area contributed by atoms with Crippen molar-refractivity contribution in [3.8, 4) is 17.1 Å². The number of hydrogen-bond donors (Lipinski definition) is 2. The number of rotatable bonds is 4. The fraction of sp³-hybridized carbons (Fsp3) is 0.273. The molecular weight excluding hydrogens is 263 g/mol. The van der Waals surface area contributed by atoms with Gasteiger partial charge in [0.15, 0.2) is 0 Å². The predicted molar refractivity (Wildman–Crippen MR) is 59.2 cm³/mol. The number of nitrogens with one attached hydrogen (secondary N) is 1. The minimum Gasteiger partial charge on any atom is -0.508 e. The Hall–Kier alpha value is -2.09. The number of hydrogen-bond acceptors (Lipinski definition) is 5. The third kappa shape index (κ3) is 3.95. The average molecular weight is 273 g/mol. The molecule has 8 heteroatoms. The summed E-state index contributed by atoms with van der Waals surface area (Å²) in [5, 5.41) is 14.9. The van der Waals surface area contributed by atoms with Crippen molar-refractivity contribution in [3.05, 3.63) is 30.2 Å². The first-order valence-electron chi connectivity index (χ1n) is 5.33. The molecule has 0 aliphatic heterocycles. The fourth-order valence-corrected chi connectivity index (χ4v) is 1.37. The normalized spacial score (nSPS) is 11.7. The zero-order valence-electron chi connectivity index (χ0n) is 9.61. The second-order valence-electron chi connectivity index (χ2n) is 3.78. The van der Waals surface area contributed by atoms with Crippen LogP contribution in [0.5, 0.6) is 5.75 Å². The highest BCUT2D eigenvalue weighted by molar-refractivity contribution is 5.55. The molecule has 0 aliphatic carbocycles. The summed E-state index contributed by atoms with van der Waals surface area (Å²) < 4.78 is 40.6. The fourth-order valence-electron chi connectivity index (χ4n) is 1.37. The van der Waals surface area contributed by atoms with Crippen LogP contribution in [-0.2, 0) is 6.54 Å². The summed E-state index contributed by atoms with van der Waals surface area (Å²) in [6.45, 7) is -1.28. The van der Waals surface area contributed by atoms with Gasteiger partial charge in [0, 0.05) is 5.56 Å². The van der Waals surface area contributed by atoms with Crippen molar-refractivity contribution in [1.29, 1.82) is 0 Å². The first-order valence-corrected chi connectivity index (χ1v) is 5.33. The van der Waals surface area contributed by atoms with Gasteiger partial charge in [-0.3, -0.25) is 0 Å². The van der Waals surface area contributed by atoms with Crippen molar-refractivity contribution in [2.24, 2.45) is 0 Å². The maximum absolute atomic E-state index is 11.9. The van der Waals surface area contributed by atoms with E-state index in [2.05, 4.69) is 15.5 Å². The molecule has 0 saturated carbocycles. The number of nitrogens with zero attached hydrogens (tertiary/aromatic N) is 2. The van der Waals surface area contributed by atoms with Crippen molar-refractivity contribution < 1.29 is 22.8 Å². The third-order valence-electron chi connectivity index (χ3n) is 2.20. The maximum Gasteiger partial charge on any atom is 0.401 e. The van der Waals surface area contributed by atoms with E-state index < -0.39 is 12.7 Å². The van der Waals surface area contributed by atoms with E-state index in [0.29, 0.717) is 5.56 Å². The van der Waals surface area contributed by atoms with Crippen molar-refractivity contribution >= 4 is 0 Å². The van der Waals surface area contributed by atoms with Crippen molar-refractivity contribution in [2.45, 2.75) is 12.7 Å². The molecule has 0 aliphatic rings. The third-order valence-corrected chi connectivity index (χ3v) is 2.20. The lowest BCUT2D eigenvalue weighted by atomic mass is 10.2. The standard InChI is InChI=1S/C11H10F3N3O2/c12-11(13,14)6-15-5-9-16-10(17-19-9)7-1-3-8(18)4-2-7/h1-4,15,18H,5-6H2. The maximum atomic E-state index is 11.9.